The van der Waals surface area contributed by atoms with Crippen LogP contribution in [-0.2, 0) is 4.74 Å². The van der Waals surface area contributed by atoms with Crippen LogP contribution in [0.4, 0.5) is 0 Å². The van der Waals surface area contributed by atoms with Gasteiger partial charge in [0, 0.05) is 52.4 Å². The number of nitrogens with one attached hydrogen (secondary N) is 1. The normalized spacial score (nSPS) is 29.4. The van der Waals surface area contributed by atoms with Crippen LogP contribution in [0.3, 0.4) is 0 Å². The van der Waals surface area contributed by atoms with Crippen molar-refractivity contribution >= 4 is 0 Å². The van der Waals surface area contributed by atoms with Gasteiger partial charge in [0.05, 0.1) is 12.7 Å². The van der Waals surface area contributed by atoms with E-state index in [1.807, 2.05) is 0 Å². The number of hydrogen-bond acceptors (Lipinski definition) is 4. The summed E-state index contributed by atoms with van der Waals surface area (Å²) < 4.78 is 5.68. The zero-order chi connectivity index (χ0) is 11.2. The van der Waals surface area contributed by atoms with Gasteiger partial charge in [-0.25, -0.2) is 0 Å². The molecule has 94 valence electrons. The highest BCUT2D eigenvalue weighted by molar-refractivity contribution is 4.73. The van der Waals surface area contributed by atoms with Crippen molar-refractivity contribution in [1.82, 2.24) is 15.1 Å². The van der Waals surface area contributed by atoms with Crippen molar-refractivity contribution in [3.63, 3.8) is 0 Å². The molecular formula is C12H25N3O. The third-order valence-corrected chi connectivity index (χ3v) is 3.62. The largest absolute Gasteiger partial charge is 0.376 e. The molecule has 0 spiro atoms. The summed E-state index contributed by atoms with van der Waals surface area (Å²) in [6.45, 7) is 12.5. The van der Waals surface area contributed by atoms with Crippen LogP contribution in [0.25, 0.3) is 0 Å². The predicted molar refractivity (Wildman–Crippen MR) is 65.8 cm³/mol. The minimum Gasteiger partial charge on any atom is -0.376 e. The van der Waals surface area contributed by atoms with E-state index in [0.29, 0.717) is 6.10 Å². The summed E-state index contributed by atoms with van der Waals surface area (Å²) in [7, 11) is 0. The van der Waals surface area contributed by atoms with Gasteiger partial charge in [0.1, 0.15) is 0 Å². The molecule has 0 aromatic carbocycles. The first-order chi connectivity index (χ1) is 7.88. The smallest absolute Gasteiger partial charge is 0.0700 e. The average molecular weight is 227 g/mol. The second kappa shape index (κ2) is 6.55. The molecule has 2 fully saturated rings. The number of nitrogens with zero attached hydrogens (tertiary/aromatic N) is 2. The summed E-state index contributed by atoms with van der Waals surface area (Å²) in [4.78, 5) is 5.12. The monoisotopic (exact) mass is 227 g/mol. The molecule has 0 amide bonds. The Hall–Kier alpha value is -0.160. The summed E-state index contributed by atoms with van der Waals surface area (Å²) >= 11 is 0. The zero-order valence-corrected chi connectivity index (χ0v) is 10.5. The second-order valence-corrected chi connectivity index (χ2v) is 4.79. The second-order valence-electron chi connectivity index (χ2n) is 4.79. The van der Waals surface area contributed by atoms with E-state index in [-0.39, 0.29) is 0 Å². The molecule has 2 heterocycles. The maximum Gasteiger partial charge on any atom is 0.0700 e. The number of hydrogen-bond donors (Lipinski definition) is 1. The van der Waals surface area contributed by atoms with Crippen LogP contribution in [0, 0.1) is 0 Å². The van der Waals surface area contributed by atoms with E-state index in [1.165, 1.54) is 26.2 Å². The Morgan fingerprint density at radius 2 is 1.88 bits per heavy atom. The molecule has 16 heavy (non-hydrogen) atoms. The number of piperazine rings is 1. The molecule has 0 bridgehead atoms. The standard InChI is InChI=1S/C12H25N3O/c1-2-12-11-15(9-10-16-12)8-7-14-5-3-13-4-6-14/h12-13H,2-11H2,1H3. The van der Waals surface area contributed by atoms with Crippen molar-refractivity contribution in [1.29, 1.82) is 0 Å². The van der Waals surface area contributed by atoms with Crippen molar-refractivity contribution in [2.45, 2.75) is 19.4 Å². The highest BCUT2D eigenvalue weighted by Gasteiger charge is 2.19. The third-order valence-electron chi connectivity index (χ3n) is 3.62. The molecule has 0 radical (unpaired) electrons. The van der Waals surface area contributed by atoms with Crippen molar-refractivity contribution in [2.24, 2.45) is 0 Å². The molecule has 1 atom stereocenters. The SMILES string of the molecule is CCC1CN(CCN2CCNCC2)CCO1. The molecule has 0 aromatic rings. The van der Waals surface area contributed by atoms with E-state index < -0.39 is 0 Å². The highest BCUT2D eigenvalue weighted by atomic mass is 16.5. The summed E-state index contributed by atoms with van der Waals surface area (Å²) in [5, 5.41) is 3.39. The zero-order valence-electron chi connectivity index (χ0n) is 10.5. The Bertz CT molecular complexity index is 195. The highest BCUT2D eigenvalue weighted by Crippen LogP contribution is 2.08. The molecule has 2 aliphatic heterocycles. The Kier molecular flexibility index (Phi) is 5.03. The van der Waals surface area contributed by atoms with Crippen LogP contribution in [0.15, 0.2) is 0 Å². The van der Waals surface area contributed by atoms with Gasteiger partial charge in [-0.1, -0.05) is 6.92 Å². The maximum atomic E-state index is 5.68. The molecule has 4 nitrogen and oxygen atoms in total. The van der Waals surface area contributed by atoms with Gasteiger partial charge in [0.25, 0.3) is 0 Å². The first-order valence-electron chi connectivity index (χ1n) is 6.65. The van der Waals surface area contributed by atoms with Crippen molar-refractivity contribution in [3.8, 4) is 0 Å². The third kappa shape index (κ3) is 3.70. The van der Waals surface area contributed by atoms with Crippen LogP contribution in [0.2, 0.25) is 0 Å². The fraction of sp³-hybridized carbons (Fsp3) is 1.00. The van der Waals surface area contributed by atoms with E-state index in [4.69, 9.17) is 4.74 Å². The lowest BCUT2D eigenvalue weighted by molar-refractivity contribution is -0.0319. The van der Waals surface area contributed by atoms with E-state index >= 15 is 0 Å². The molecule has 4 heteroatoms. The maximum absolute atomic E-state index is 5.68. The van der Waals surface area contributed by atoms with E-state index in [1.54, 1.807) is 0 Å². The molecule has 2 aliphatic rings. The molecule has 0 aliphatic carbocycles. The van der Waals surface area contributed by atoms with E-state index in [0.717, 1.165) is 39.2 Å². The van der Waals surface area contributed by atoms with Crippen molar-refractivity contribution < 1.29 is 4.74 Å². The summed E-state index contributed by atoms with van der Waals surface area (Å²) in [5.41, 5.74) is 0. The van der Waals surface area contributed by atoms with Gasteiger partial charge in [-0.05, 0) is 6.42 Å². The number of morpholine rings is 1. The topological polar surface area (TPSA) is 27.7 Å². The molecule has 2 rings (SSSR count). The average Bonchev–Trinajstić information content (AvgIpc) is 2.38. The Labute approximate surface area is 98.9 Å². The van der Waals surface area contributed by atoms with Gasteiger partial charge < -0.3 is 10.1 Å². The van der Waals surface area contributed by atoms with Crippen molar-refractivity contribution in [3.05, 3.63) is 0 Å². The molecule has 1 N–H and O–H groups in total. The number of rotatable bonds is 4. The quantitative estimate of drug-likeness (QED) is 0.732. The van der Waals surface area contributed by atoms with Crippen LogP contribution in [-0.4, -0.2) is 74.9 Å². The first kappa shape index (κ1) is 12.3. The Balaban J connectivity index is 1.64. The molecular weight excluding hydrogens is 202 g/mol. The summed E-state index contributed by atoms with van der Waals surface area (Å²) in [5.74, 6) is 0. The predicted octanol–water partition coefficient (Wildman–Crippen LogP) is 0.00240. The molecule has 0 saturated carbocycles. The van der Waals surface area contributed by atoms with Crippen LogP contribution in [0.1, 0.15) is 13.3 Å². The lowest BCUT2D eigenvalue weighted by Gasteiger charge is -2.35. The van der Waals surface area contributed by atoms with Crippen LogP contribution in [0.5, 0.6) is 0 Å². The van der Waals surface area contributed by atoms with Gasteiger partial charge in [-0.3, -0.25) is 9.80 Å². The summed E-state index contributed by atoms with van der Waals surface area (Å²) in [6, 6.07) is 0. The Morgan fingerprint density at radius 1 is 1.12 bits per heavy atom. The first-order valence-corrected chi connectivity index (χ1v) is 6.65. The van der Waals surface area contributed by atoms with Gasteiger partial charge >= 0.3 is 0 Å². The molecule has 2 saturated heterocycles. The molecule has 0 aromatic heterocycles. The lowest BCUT2D eigenvalue weighted by Crippen LogP contribution is -2.49. The van der Waals surface area contributed by atoms with E-state index in [2.05, 4.69) is 22.0 Å². The van der Waals surface area contributed by atoms with Crippen LogP contribution >= 0.6 is 0 Å². The fourth-order valence-corrected chi connectivity index (χ4v) is 2.45. The van der Waals surface area contributed by atoms with Gasteiger partial charge in [0.2, 0.25) is 0 Å². The Morgan fingerprint density at radius 3 is 2.62 bits per heavy atom. The van der Waals surface area contributed by atoms with Crippen LogP contribution < -0.4 is 5.32 Å². The molecule has 1 unspecified atom stereocenters. The lowest BCUT2D eigenvalue weighted by atomic mass is 10.2. The number of ether oxygens (including phenoxy) is 1. The minimum atomic E-state index is 0.469. The van der Waals surface area contributed by atoms with Gasteiger partial charge in [-0.15, -0.1) is 0 Å². The minimum absolute atomic E-state index is 0.469. The van der Waals surface area contributed by atoms with Crippen molar-refractivity contribution in [2.75, 3.05) is 59.0 Å². The van der Waals surface area contributed by atoms with E-state index in [9.17, 15) is 0 Å². The van der Waals surface area contributed by atoms with Gasteiger partial charge in [0.15, 0.2) is 0 Å². The van der Waals surface area contributed by atoms with Gasteiger partial charge in [-0.2, -0.15) is 0 Å². The fourth-order valence-electron chi connectivity index (χ4n) is 2.45. The summed E-state index contributed by atoms with van der Waals surface area (Å²) in [6.07, 6.45) is 1.61.